The van der Waals surface area contributed by atoms with Crippen molar-refractivity contribution in [1.29, 1.82) is 0 Å². The number of hydrogen-bond acceptors (Lipinski definition) is 3. The lowest BCUT2D eigenvalue weighted by atomic mass is 10.1. The average Bonchev–Trinajstić information content (AvgIpc) is 2.26. The zero-order valence-corrected chi connectivity index (χ0v) is 9.01. The van der Waals surface area contributed by atoms with Gasteiger partial charge in [-0.25, -0.2) is 0 Å². The van der Waals surface area contributed by atoms with Crippen LogP contribution in [0.2, 0.25) is 0 Å². The number of hydrogen-bond donors (Lipinski definition) is 0. The third-order valence-electron chi connectivity index (χ3n) is 1.80. The minimum absolute atomic E-state index is 0.695. The predicted molar refractivity (Wildman–Crippen MR) is 60.6 cm³/mol. The Morgan fingerprint density at radius 1 is 1.36 bits per heavy atom. The molecule has 0 N–H and O–H groups in total. The Kier molecular flexibility index (Phi) is 4.26. The van der Waals surface area contributed by atoms with Gasteiger partial charge in [-0.2, -0.15) is 0 Å². The predicted octanol–water partition coefficient (Wildman–Crippen LogP) is 2.60. The Labute approximate surface area is 88.0 Å². The zero-order valence-electron chi connectivity index (χ0n) is 8.19. The average molecular weight is 208 g/mol. The van der Waals surface area contributed by atoms with E-state index in [-0.39, 0.29) is 0 Å². The zero-order chi connectivity index (χ0) is 10.4. The normalized spacial score (nSPS) is 11.1. The smallest absolute Gasteiger partial charge is 0.151 e. The maximum atomic E-state index is 10.7. The molecule has 1 aromatic rings. The van der Waals surface area contributed by atoms with Crippen LogP contribution in [0.1, 0.15) is 5.56 Å². The maximum absolute atomic E-state index is 10.7. The van der Waals surface area contributed by atoms with Gasteiger partial charge in [0.2, 0.25) is 0 Å². The lowest BCUT2D eigenvalue weighted by Crippen LogP contribution is -1.86. The van der Waals surface area contributed by atoms with Crippen LogP contribution in [-0.2, 0) is 4.79 Å². The van der Waals surface area contributed by atoms with Crippen molar-refractivity contribution in [3.63, 3.8) is 0 Å². The summed E-state index contributed by atoms with van der Waals surface area (Å²) < 4.78 is 5.03. The molecule has 1 aromatic carbocycles. The molecular formula is C11H12O2S. The van der Waals surface area contributed by atoms with Gasteiger partial charge in [-0.15, -0.1) is 11.8 Å². The summed E-state index contributed by atoms with van der Waals surface area (Å²) >= 11 is 1.51. The van der Waals surface area contributed by atoms with Gasteiger partial charge in [0.1, 0.15) is 5.75 Å². The van der Waals surface area contributed by atoms with Crippen LogP contribution in [0.15, 0.2) is 29.7 Å². The van der Waals surface area contributed by atoms with E-state index in [9.17, 15) is 4.79 Å². The third-order valence-corrected chi connectivity index (χ3v) is 2.28. The molecule has 0 aliphatic rings. The summed E-state index contributed by atoms with van der Waals surface area (Å²) in [5, 5.41) is 1.83. The fourth-order valence-corrected chi connectivity index (χ4v) is 1.52. The first-order valence-corrected chi connectivity index (χ1v) is 5.43. The second-order valence-corrected chi connectivity index (χ2v) is 3.36. The number of thioether (sulfide) groups is 1. The van der Waals surface area contributed by atoms with Gasteiger partial charge in [0, 0.05) is 5.57 Å². The molecule has 1 rings (SSSR count). The van der Waals surface area contributed by atoms with Crippen LogP contribution in [0.3, 0.4) is 0 Å². The standard InChI is InChI=1S/C11H12O2S/c1-13-11-5-3-9(4-6-11)10(7-12)8-14-2/h3-8H,1-2H3/b10-8+. The number of carbonyl (C=O) groups excluding carboxylic acids is 1. The van der Waals surface area contributed by atoms with E-state index < -0.39 is 0 Å². The van der Waals surface area contributed by atoms with Crippen LogP contribution in [-0.4, -0.2) is 19.7 Å². The summed E-state index contributed by atoms with van der Waals surface area (Å²) in [6, 6.07) is 7.42. The van der Waals surface area contributed by atoms with E-state index in [1.807, 2.05) is 35.9 Å². The fourth-order valence-electron chi connectivity index (χ4n) is 1.07. The van der Waals surface area contributed by atoms with Crippen molar-refractivity contribution in [2.45, 2.75) is 0 Å². The van der Waals surface area contributed by atoms with Gasteiger partial charge in [0.05, 0.1) is 7.11 Å². The molecule has 14 heavy (non-hydrogen) atoms. The highest BCUT2D eigenvalue weighted by molar-refractivity contribution is 8.01. The van der Waals surface area contributed by atoms with Gasteiger partial charge in [-0.3, -0.25) is 4.79 Å². The fraction of sp³-hybridized carbons (Fsp3) is 0.182. The molecule has 0 aliphatic carbocycles. The van der Waals surface area contributed by atoms with E-state index in [1.54, 1.807) is 7.11 Å². The topological polar surface area (TPSA) is 26.3 Å². The minimum Gasteiger partial charge on any atom is -0.497 e. The highest BCUT2D eigenvalue weighted by Gasteiger charge is 1.99. The van der Waals surface area contributed by atoms with Crippen molar-refractivity contribution in [3.05, 3.63) is 35.2 Å². The molecular weight excluding hydrogens is 196 g/mol. The first-order valence-electron chi connectivity index (χ1n) is 4.14. The summed E-state index contributed by atoms with van der Waals surface area (Å²) in [5.74, 6) is 0.795. The van der Waals surface area contributed by atoms with Crippen molar-refractivity contribution in [3.8, 4) is 5.75 Å². The van der Waals surface area contributed by atoms with E-state index in [4.69, 9.17) is 4.74 Å². The summed E-state index contributed by atoms with van der Waals surface area (Å²) in [4.78, 5) is 10.7. The highest BCUT2D eigenvalue weighted by atomic mass is 32.2. The van der Waals surface area contributed by atoms with Crippen molar-refractivity contribution < 1.29 is 9.53 Å². The largest absolute Gasteiger partial charge is 0.497 e. The minimum atomic E-state index is 0.695. The molecule has 0 aliphatic heterocycles. The number of aldehydes is 1. The monoisotopic (exact) mass is 208 g/mol. The second-order valence-electron chi connectivity index (χ2n) is 2.66. The van der Waals surface area contributed by atoms with Crippen molar-refractivity contribution in [2.75, 3.05) is 13.4 Å². The SMILES string of the molecule is COc1ccc(/C(C=O)=C/SC)cc1. The Morgan fingerprint density at radius 3 is 2.43 bits per heavy atom. The Balaban J connectivity index is 2.95. The van der Waals surface area contributed by atoms with Gasteiger partial charge in [0.15, 0.2) is 6.29 Å². The van der Waals surface area contributed by atoms with Crippen LogP contribution in [0, 0.1) is 0 Å². The van der Waals surface area contributed by atoms with Gasteiger partial charge in [-0.05, 0) is 29.4 Å². The van der Waals surface area contributed by atoms with E-state index >= 15 is 0 Å². The number of rotatable bonds is 4. The van der Waals surface area contributed by atoms with Crippen LogP contribution < -0.4 is 4.74 Å². The van der Waals surface area contributed by atoms with Gasteiger partial charge < -0.3 is 4.74 Å². The first-order chi connectivity index (χ1) is 6.81. The quantitative estimate of drug-likeness (QED) is 0.562. The van der Waals surface area contributed by atoms with Crippen LogP contribution >= 0.6 is 11.8 Å². The summed E-state index contributed by atoms with van der Waals surface area (Å²) in [5.41, 5.74) is 1.61. The first kappa shape index (κ1) is 10.9. The molecule has 0 aromatic heterocycles. The van der Waals surface area contributed by atoms with E-state index in [0.29, 0.717) is 5.57 Å². The molecule has 0 spiro atoms. The molecule has 0 heterocycles. The molecule has 0 atom stereocenters. The van der Waals surface area contributed by atoms with Crippen molar-refractivity contribution >= 4 is 23.6 Å². The number of allylic oxidation sites excluding steroid dienone is 1. The molecule has 0 fully saturated rings. The van der Waals surface area contributed by atoms with Crippen LogP contribution in [0.25, 0.3) is 5.57 Å². The van der Waals surface area contributed by atoms with E-state index in [1.165, 1.54) is 11.8 Å². The maximum Gasteiger partial charge on any atom is 0.151 e. The molecule has 3 heteroatoms. The Bertz CT molecular complexity index is 328. The highest BCUT2D eigenvalue weighted by Crippen LogP contribution is 2.18. The molecule has 0 saturated heterocycles. The molecule has 74 valence electrons. The third kappa shape index (κ3) is 2.64. The lowest BCUT2D eigenvalue weighted by Gasteiger charge is -2.02. The van der Waals surface area contributed by atoms with Crippen molar-refractivity contribution in [1.82, 2.24) is 0 Å². The Hall–Kier alpha value is -1.22. The van der Waals surface area contributed by atoms with Gasteiger partial charge in [-0.1, -0.05) is 12.1 Å². The van der Waals surface area contributed by atoms with E-state index in [0.717, 1.165) is 17.6 Å². The number of carbonyl (C=O) groups is 1. The molecule has 0 unspecified atom stereocenters. The molecule has 0 amide bonds. The molecule has 2 nitrogen and oxygen atoms in total. The van der Waals surface area contributed by atoms with Crippen molar-refractivity contribution in [2.24, 2.45) is 0 Å². The molecule has 0 bridgehead atoms. The van der Waals surface area contributed by atoms with Crippen LogP contribution in [0.4, 0.5) is 0 Å². The molecule has 0 radical (unpaired) electrons. The summed E-state index contributed by atoms with van der Waals surface area (Å²) in [6.45, 7) is 0. The summed E-state index contributed by atoms with van der Waals surface area (Å²) in [7, 11) is 1.62. The number of ether oxygens (including phenoxy) is 1. The van der Waals surface area contributed by atoms with E-state index in [2.05, 4.69) is 0 Å². The lowest BCUT2D eigenvalue weighted by molar-refractivity contribution is -0.103. The van der Waals surface area contributed by atoms with Crippen LogP contribution in [0.5, 0.6) is 5.75 Å². The van der Waals surface area contributed by atoms with Gasteiger partial charge in [0.25, 0.3) is 0 Å². The Morgan fingerprint density at radius 2 is 2.00 bits per heavy atom. The van der Waals surface area contributed by atoms with Gasteiger partial charge >= 0.3 is 0 Å². The second kappa shape index (κ2) is 5.50. The number of benzene rings is 1. The number of methoxy groups -OCH3 is 1. The molecule has 0 saturated carbocycles. The summed E-state index contributed by atoms with van der Waals surface area (Å²) in [6.07, 6.45) is 2.78.